The van der Waals surface area contributed by atoms with E-state index < -0.39 is 18.8 Å². The number of nitrogens with zero attached hydrogens (tertiary/aromatic N) is 1. The van der Waals surface area contributed by atoms with Crippen LogP contribution in [-0.2, 0) is 4.74 Å². The Hall–Kier alpha value is -3.22. The first-order valence-corrected chi connectivity index (χ1v) is 17.3. The van der Waals surface area contributed by atoms with Crippen LogP contribution in [0, 0.1) is 0 Å². The van der Waals surface area contributed by atoms with Crippen LogP contribution in [0.3, 0.4) is 0 Å². The van der Waals surface area contributed by atoms with E-state index >= 15 is 0 Å². The third-order valence-corrected chi connectivity index (χ3v) is 17.3. The second kappa shape index (κ2) is 10.4. The molecule has 0 bridgehead atoms. The number of rotatable bonds is 7. The van der Waals surface area contributed by atoms with Crippen LogP contribution in [0.1, 0.15) is 13.8 Å². The van der Waals surface area contributed by atoms with Gasteiger partial charge in [-0.15, -0.1) is 0 Å². The summed E-state index contributed by atoms with van der Waals surface area (Å²) >= 11 is -1.83. The van der Waals surface area contributed by atoms with Gasteiger partial charge in [0.2, 0.25) is 0 Å². The number of amides is 1. The van der Waals surface area contributed by atoms with Crippen LogP contribution in [0.25, 0.3) is 0 Å². The Labute approximate surface area is 220 Å². The van der Waals surface area contributed by atoms with Gasteiger partial charge in [0.05, 0.1) is 0 Å². The second-order valence-electron chi connectivity index (χ2n) is 9.51. The number of hydrogen-bond acceptors (Lipinski definition) is 3. The van der Waals surface area contributed by atoms with E-state index in [1.54, 1.807) is 11.8 Å². The maximum atomic E-state index is 13.2. The number of ether oxygens (including phenoxy) is 1. The number of benzene rings is 4. The summed E-state index contributed by atoms with van der Waals surface area (Å²) in [7, 11) is 0. The molecule has 0 spiro atoms. The summed E-state index contributed by atoms with van der Waals surface area (Å²) in [5, 5.41) is 0.922. The van der Waals surface area contributed by atoms with Crippen LogP contribution < -0.4 is 13.2 Å². The van der Waals surface area contributed by atoms with Crippen molar-refractivity contribution >= 4 is 44.3 Å². The first-order chi connectivity index (χ1) is 17.5. The third-order valence-electron chi connectivity index (χ3n) is 6.55. The Morgan fingerprint density at radius 2 is 1.17 bits per heavy atom. The van der Waals surface area contributed by atoms with Crippen molar-refractivity contribution in [2.24, 2.45) is 0 Å². The molecule has 3 nitrogen and oxygen atoms in total. The number of carbonyl (C=O) groups is 1. The van der Waals surface area contributed by atoms with Crippen molar-refractivity contribution in [2.45, 2.75) is 24.3 Å². The number of hydrogen-bond donors (Lipinski definition) is 0. The van der Waals surface area contributed by atoms with Gasteiger partial charge in [-0.25, -0.2) is 0 Å². The zero-order valence-electron chi connectivity index (χ0n) is 20.5. The van der Waals surface area contributed by atoms with Gasteiger partial charge in [-0.1, -0.05) is 0 Å². The number of cyclic esters (lactones) is 1. The summed E-state index contributed by atoms with van der Waals surface area (Å²) in [6.45, 7) is 4.50. The third kappa shape index (κ3) is 4.75. The average Bonchev–Trinajstić information content (AvgIpc) is 3.20. The van der Waals surface area contributed by atoms with E-state index in [9.17, 15) is 4.79 Å². The molecule has 4 aromatic carbocycles. The van der Waals surface area contributed by atoms with Gasteiger partial charge in [0.15, 0.2) is 0 Å². The summed E-state index contributed by atoms with van der Waals surface area (Å²) in [5.41, 5.74) is -0.456. The first-order valence-electron chi connectivity index (χ1n) is 12.1. The fourth-order valence-corrected chi connectivity index (χ4v) is 15.8. The summed E-state index contributed by atoms with van der Waals surface area (Å²) in [6.07, 6.45) is -0.292. The van der Waals surface area contributed by atoms with E-state index in [-0.39, 0.29) is 6.09 Å². The fourth-order valence-electron chi connectivity index (χ4n) is 4.79. The predicted octanol–water partition coefficient (Wildman–Crippen LogP) is 5.56. The Kier molecular flexibility index (Phi) is 7.08. The minimum absolute atomic E-state index is 0.292. The van der Waals surface area contributed by atoms with Crippen molar-refractivity contribution in [1.29, 1.82) is 0 Å². The van der Waals surface area contributed by atoms with Gasteiger partial charge in [-0.05, 0) is 0 Å². The van der Waals surface area contributed by atoms with Crippen LogP contribution in [0.15, 0.2) is 136 Å². The molecule has 1 amide bonds. The standard InChI is InChI=1S/C31H29GeNO2S/c1-31(2)24-35-30(34)33(31)29(36-28-21-13-6-14-22-28)23-32(25-15-7-3-8-16-25,26-17-9-4-10-18-26)27-19-11-5-12-20-27/h3-23H,24H2,1-2H3/b29-23-. The molecule has 0 unspecified atom stereocenters. The zero-order chi connectivity index (χ0) is 25.0. The monoisotopic (exact) mass is 553 g/mol. The minimum atomic E-state index is -3.47. The summed E-state index contributed by atoms with van der Waals surface area (Å²) in [5.74, 6) is 0. The van der Waals surface area contributed by atoms with Crippen molar-refractivity contribution < 1.29 is 9.53 Å². The molecule has 0 aliphatic carbocycles. The van der Waals surface area contributed by atoms with Crippen LogP contribution >= 0.6 is 11.8 Å². The molecule has 1 saturated heterocycles. The molecular weight excluding hydrogens is 523 g/mol. The second-order valence-corrected chi connectivity index (χ2v) is 18.2. The van der Waals surface area contributed by atoms with Crippen LogP contribution in [0.5, 0.6) is 0 Å². The van der Waals surface area contributed by atoms with E-state index in [4.69, 9.17) is 4.74 Å². The van der Waals surface area contributed by atoms with Crippen molar-refractivity contribution in [2.75, 3.05) is 6.61 Å². The Balaban J connectivity index is 1.83. The van der Waals surface area contributed by atoms with E-state index in [1.807, 2.05) is 23.1 Å². The van der Waals surface area contributed by atoms with E-state index in [1.165, 1.54) is 13.2 Å². The van der Waals surface area contributed by atoms with Gasteiger partial charge < -0.3 is 0 Å². The molecule has 1 heterocycles. The van der Waals surface area contributed by atoms with Crippen molar-refractivity contribution in [3.8, 4) is 0 Å². The molecule has 36 heavy (non-hydrogen) atoms. The molecule has 1 fully saturated rings. The first kappa shape index (κ1) is 24.5. The van der Waals surface area contributed by atoms with Crippen molar-refractivity contribution in [3.63, 3.8) is 0 Å². The molecule has 0 saturated carbocycles. The van der Waals surface area contributed by atoms with Gasteiger partial charge in [0.1, 0.15) is 0 Å². The predicted molar refractivity (Wildman–Crippen MR) is 152 cm³/mol. The molecule has 5 rings (SSSR count). The van der Waals surface area contributed by atoms with Crippen molar-refractivity contribution in [3.05, 3.63) is 131 Å². The van der Waals surface area contributed by atoms with Gasteiger partial charge in [0.25, 0.3) is 0 Å². The molecule has 4 aromatic rings. The van der Waals surface area contributed by atoms with E-state index in [0.29, 0.717) is 6.61 Å². The maximum absolute atomic E-state index is 13.2. The van der Waals surface area contributed by atoms with Crippen molar-refractivity contribution in [1.82, 2.24) is 4.90 Å². The van der Waals surface area contributed by atoms with Crippen LogP contribution in [0.4, 0.5) is 4.79 Å². The average molecular weight is 552 g/mol. The molecule has 5 heteroatoms. The zero-order valence-corrected chi connectivity index (χ0v) is 23.4. The summed E-state index contributed by atoms with van der Waals surface area (Å²) in [4.78, 5) is 18.6. The Bertz CT molecular complexity index is 1250. The molecule has 1 aliphatic heterocycles. The van der Waals surface area contributed by atoms with E-state index in [0.717, 1.165) is 9.92 Å². The SMILES string of the molecule is CC1(C)COC(=O)N1/C(=[CH]/[Ge]([c]1ccccc1)([c]1ccccc1)[c]1ccccc1)Sc1ccccc1. The molecular formula is C31H29GeNO2S. The summed E-state index contributed by atoms with van der Waals surface area (Å²) in [6, 6.07) is 42.6. The van der Waals surface area contributed by atoms with E-state index in [2.05, 4.69) is 122 Å². The quantitative estimate of drug-likeness (QED) is 0.222. The van der Waals surface area contributed by atoms with Gasteiger partial charge in [-0.2, -0.15) is 0 Å². The fraction of sp³-hybridized carbons (Fsp3) is 0.129. The van der Waals surface area contributed by atoms with Crippen LogP contribution in [0.2, 0.25) is 0 Å². The molecule has 0 radical (unpaired) electrons. The van der Waals surface area contributed by atoms with Crippen LogP contribution in [-0.4, -0.2) is 36.4 Å². The summed E-state index contributed by atoms with van der Waals surface area (Å²) < 4.78 is 9.52. The molecule has 0 aromatic heterocycles. The Morgan fingerprint density at radius 1 is 0.750 bits per heavy atom. The topological polar surface area (TPSA) is 29.5 Å². The molecule has 0 N–H and O–H groups in total. The molecule has 0 atom stereocenters. The van der Waals surface area contributed by atoms with Gasteiger partial charge in [-0.3, -0.25) is 0 Å². The normalized spacial score (nSPS) is 15.6. The molecule has 1 aliphatic rings. The van der Waals surface area contributed by atoms with Gasteiger partial charge >= 0.3 is 221 Å². The van der Waals surface area contributed by atoms with Gasteiger partial charge in [0, 0.05) is 0 Å². The number of thioether (sulfide) groups is 1. The Morgan fingerprint density at radius 3 is 1.56 bits per heavy atom. The number of carbonyl (C=O) groups excluding carboxylic acids is 1. The molecule has 180 valence electrons.